The summed E-state index contributed by atoms with van der Waals surface area (Å²) in [6.07, 6.45) is 0.993. The lowest BCUT2D eigenvalue weighted by Gasteiger charge is -2.37. The highest BCUT2D eigenvalue weighted by molar-refractivity contribution is 7.80. The standard InChI is InChI=1S/C29H27FN4OS/c1-4-20-8-10-21(11-9-20)17-34-19(3)25(26(31-29(34)36)22-12-14-24(30)15-13-22)28-32-27(33-35-28)23-7-5-6-18(2)16-23/h5-16,26H,4,17H2,1-3H3,(H,31,36). The molecule has 3 aromatic carbocycles. The predicted octanol–water partition coefficient (Wildman–Crippen LogP) is 6.61. The van der Waals surface area contributed by atoms with E-state index in [9.17, 15) is 4.39 Å². The van der Waals surface area contributed by atoms with Crippen molar-refractivity contribution in [1.29, 1.82) is 0 Å². The molecule has 0 aliphatic carbocycles. The van der Waals surface area contributed by atoms with Crippen molar-refractivity contribution in [1.82, 2.24) is 20.4 Å². The molecule has 0 bridgehead atoms. The van der Waals surface area contributed by atoms with E-state index in [0.29, 0.717) is 23.4 Å². The lowest BCUT2D eigenvalue weighted by Crippen LogP contribution is -2.45. The van der Waals surface area contributed by atoms with Gasteiger partial charge in [-0.15, -0.1) is 0 Å². The summed E-state index contributed by atoms with van der Waals surface area (Å²) in [5.74, 6) is 0.623. The number of hydrogen-bond acceptors (Lipinski definition) is 4. The Morgan fingerprint density at radius 3 is 2.42 bits per heavy atom. The van der Waals surface area contributed by atoms with Gasteiger partial charge in [-0.3, -0.25) is 0 Å². The van der Waals surface area contributed by atoms with E-state index in [0.717, 1.165) is 39.9 Å². The highest BCUT2D eigenvalue weighted by atomic mass is 32.1. The smallest absolute Gasteiger partial charge is 0.258 e. The van der Waals surface area contributed by atoms with Gasteiger partial charge in [0.2, 0.25) is 5.82 Å². The third kappa shape index (κ3) is 4.79. The third-order valence-electron chi connectivity index (χ3n) is 6.50. The van der Waals surface area contributed by atoms with Crippen LogP contribution in [0.15, 0.2) is 83.0 Å². The molecule has 0 fully saturated rings. The van der Waals surface area contributed by atoms with Crippen LogP contribution in [0, 0.1) is 12.7 Å². The number of nitrogens with one attached hydrogen (secondary N) is 1. The maximum atomic E-state index is 13.7. The summed E-state index contributed by atoms with van der Waals surface area (Å²) >= 11 is 5.79. The summed E-state index contributed by atoms with van der Waals surface area (Å²) in [5, 5.41) is 8.29. The Labute approximate surface area is 215 Å². The van der Waals surface area contributed by atoms with E-state index in [4.69, 9.17) is 21.7 Å². The first-order chi connectivity index (χ1) is 17.4. The first-order valence-electron chi connectivity index (χ1n) is 12.0. The van der Waals surface area contributed by atoms with Crippen LogP contribution in [0.4, 0.5) is 4.39 Å². The molecule has 1 aliphatic heterocycles. The molecule has 7 heteroatoms. The Balaban J connectivity index is 1.57. The Hall–Kier alpha value is -3.84. The topological polar surface area (TPSA) is 54.2 Å². The van der Waals surface area contributed by atoms with E-state index >= 15 is 0 Å². The van der Waals surface area contributed by atoms with Gasteiger partial charge in [0.15, 0.2) is 5.11 Å². The molecule has 1 aliphatic rings. The maximum absolute atomic E-state index is 13.7. The van der Waals surface area contributed by atoms with Crippen LogP contribution >= 0.6 is 12.2 Å². The first kappa shape index (κ1) is 23.9. The van der Waals surface area contributed by atoms with Crippen molar-refractivity contribution in [2.45, 2.75) is 39.8 Å². The molecule has 0 spiro atoms. The van der Waals surface area contributed by atoms with Crippen LogP contribution in [0.1, 0.15) is 48.0 Å². The Morgan fingerprint density at radius 1 is 1.00 bits per heavy atom. The Kier molecular flexibility index (Phi) is 6.65. The van der Waals surface area contributed by atoms with Gasteiger partial charge in [0.1, 0.15) is 5.82 Å². The molecular formula is C29H27FN4OS. The molecule has 2 heterocycles. The fourth-order valence-corrected chi connectivity index (χ4v) is 4.77. The molecule has 5 rings (SSSR count). The molecule has 4 aromatic rings. The van der Waals surface area contributed by atoms with Gasteiger partial charge >= 0.3 is 0 Å². The lowest BCUT2D eigenvalue weighted by molar-refractivity contribution is 0.396. The predicted molar refractivity (Wildman–Crippen MR) is 143 cm³/mol. The van der Waals surface area contributed by atoms with E-state index in [2.05, 4.69) is 41.7 Å². The minimum atomic E-state index is -0.359. The summed E-state index contributed by atoms with van der Waals surface area (Å²) in [7, 11) is 0. The highest BCUT2D eigenvalue weighted by Gasteiger charge is 2.34. The van der Waals surface area contributed by atoms with Gasteiger partial charge in [0.05, 0.1) is 11.6 Å². The van der Waals surface area contributed by atoms with Crippen molar-refractivity contribution in [3.8, 4) is 11.4 Å². The second kappa shape index (κ2) is 10.0. The molecule has 5 nitrogen and oxygen atoms in total. The number of rotatable bonds is 6. The Bertz CT molecular complexity index is 1430. The molecule has 1 aromatic heterocycles. The average molecular weight is 499 g/mol. The van der Waals surface area contributed by atoms with Crippen molar-refractivity contribution in [3.05, 3.63) is 112 Å². The molecule has 1 unspecified atom stereocenters. The number of hydrogen-bond donors (Lipinski definition) is 1. The second-order valence-electron chi connectivity index (χ2n) is 8.98. The number of benzene rings is 3. The van der Waals surface area contributed by atoms with Crippen molar-refractivity contribution in [3.63, 3.8) is 0 Å². The normalized spacial score (nSPS) is 15.8. The van der Waals surface area contributed by atoms with Crippen LogP contribution in [0.3, 0.4) is 0 Å². The number of aryl methyl sites for hydroxylation is 2. The van der Waals surface area contributed by atoms with E-state index in [-0.39, 0.29) is 11.9 Å². The summed E-state index contributed by atoms with van der Waals surface area (Å²) < 4.78 is 19.5. The number of allylic oxidation sites excluding steroid dienone is 1. The highest BCUT2D eigenvalue weighted by Crippen LogP contribution is 2.38. The molecule has 0 saturated heterocycles. The number of halogens is 1. The second-order valence-corrected chi connectivity index (χ2v) is 9.37. The number of thiocarbonyl (C=S) groups is 1. The van der Waals surface area contributed by atoms with Crippen LogP contribution in [0.5, 0.6) is 0 Å². The van der Waals surface area contributed by atoms with Crippen molar-refractivity contribution in [2.75, 3.05) is 0 Å². The largest absolute Gasteiger partial charge is 0.351 e. The number of nitrogens with zero attached hydrogens (tertiary/aromatic N) is 3. The number of aromatic nitrogens is 2. The zero-order valence-corrected chi connectivity index (χ0v) is 21.3. The molecule has 0 saturated carbocycles. The van der Waals surface area contributed by atoms with Crippen molar-refractivity contribution in [2.24, 2.45) is 0 Å². The molecule has 1 atom stereocenters. The van der Waals surface area contributed by atoms with E-state index in [1.54, 1.807) is 12.1 Å². The van der Waals surface area contributed by atoms with Gasteiger partial charge in [0, 0.05) is 17.8 Å². The van der Waals surface area contributed by atoms with E-state index < -0.39 is 0 Å². The molecule has 0 radical (unpaired) electrons. The molecule has 36 heavy (non-hydrogen) atoms. The van der Waals surface area contributed by atoms with Gasteiger partial charge in [-0.2, -0.15) is 4.98 Å². The maximum Gasteiger partial charge on any atom is 0.258 e. The summed E-state index contributed by atoms with van der Waals surface area (Å²) in [6.45, 7) is 6.78. The van der Waals surface area contributed by atoms with Crippen LogP contribution in [0.25, 0.3) is 17.0 Å². The quantitative estimate of drug-likeness (QED) is 0.302. The van der Waals surface area contributed by atoms with Gasteiger partial charge in [-0.1, -0.05) is 72.2 Å². The van der Waals surface area contributed by atoms with E-state index in [1.807, 2.05) is 43.0 Å². The summed E-state index contributed by atoms with van der Waals surface area (Å²) in [4.78, 5) is 6.80. The average Bonchev–Trinajstić information content (AvgIpc) is 3.37. The van der Waals surface area contributed by atoms with Crippen LogP contribution in [0.2, 0.25) is 0 Å². The molecular weight excluding hydrogens is 471 g/mol. The minimum Gasteiger partial charge on any atom is -0.351 e. The van der Waals surface area contributed by atoms with Crippen LogP contribution < -0.4 is 5.32 Å². The monoisotopic (exact) mass is 498 g/mol. The van der Waals surface area contributed by atoms with Gasteiger partial charge in [-0.05, 0) is 67.4 Å². The lowest BCUT2D eigenvalue weighted by atomic mass is 9.94. The summed E-state index contributed by atoms with van der Waals surface area (Å²) in [5.41, 5.74) is 7.00. The molecule has 1 N–H and O–H groups in total. The van der Waals surface area contributed by atoms with Crippen LogP contribution in [-0.4, -0.2) is 20.2 Å². The van der Waals surface area contributed by atoms with E-state index in [1.165, 1.54) is 17.7 Å². The van der Waals surface area contributed by atoms with Gasteiger partial charge in [0.25, 0.3) is 5.89 Å². The van der Waals surface area contributed by atoms with Crippen LogP contribution in [-0.2, 0) is 13.0 Å². The molecule has 182 valence electrons. The molecule has 0 amide bonds. The summed E-state index contributed by atoms with van der Waals surface area (Å²) in [6, 6.07) is 22.5. The minimum absolute atomic E-state index is 0.295. The third-order valence-corrected chi connectivity index (χ3v) is 6.84. The van der Waals surface area contributed by atoms with Crippen molar-refractivity contribution >= 4 is 22.9 Å². The fourth-order valence-electron chi connectivity index (χ4n) is 4.45. The van der Waals surface area contributed by atoms with Crippen molar-refractivity contribution < 1.29 is 8.91 Å². The fraction of sp³-hybridized carbons (Fsp3) is 0.207. The van der Waals surface area contributed by atoms with Gasteiger partial charge < -0.3 is 14.7 Å². The SMILES string of the molecule is CCc1ccc(CN2C(=S)NC(c3ccc(F)cc3)C(c3nc(-c4cccc(C)c4)no3)=C2C)cc1. The van der Waals surface area contributed by atoms with Gasteiger partial charge in [-0.25, -0.2) is 4.39 Å². The zero-order chi connectivity index (χ0) is 25.2. The Morgan fingerprint density at radius 2 is 1.72 bits per heavy atom. The zero-order valence-electron chi connectivity index (χ0n) is 20.5. The first-order valence-corrected chi connectivity index (χ1v) is 12.4.